The number of carbonyl (C=O) groups is 2. The van der Waals surface area contributed by atoms with Crippen molar-refractivity contribution in [2.45, 2.75) is 170 Å². The Hall–Kier alpha value is -1.32. The van der Waals surface area contributed by atoms with Gasteiger partial charge < -0.3 is 9.47 Å². The van der Waals surface area contributed by atoms with Gasteiger partial charge in [0.15, 0.2) is 0 Å². The highest BCUT2D eigenvalue weighted by Crippen LogP contribution is 2.67. The molecule has 3 saturated carbocycles. The SMILES string of the molecule is CCOC(=O)CCCCCCCCC(=O)O[C@H]1CC[C@@]2(C)C(=CC[C@H]3[C@@H]4CC[C@H]([C@H](C)CCCC(C)C)[C@@]4(C)CC[C@@H]32)C1. The maximum absolute atomic E-state index is 12.7. The van der Waals surface area contributed by atoms with E-state index in [0.29, 0.717) is 30.3 Å². The molecule has 0 aromatic rings. The molecular formula is C39H66O4. The molecule has 0 spiro atoms. The Balaban J connectivity index is 1.20. The van der Waals surface area contributed by atoms with E-state index in [0.717, 1.165) is 86.9 Å². The third-order valence-electron chi connectivity index (χ3n) is 12.9. The number of fused-ring (bicyclic) bond motifs is 5. The summed E-state index contributed by atoms with van der Waals surface area (Å²) < 4.78 is 11.0. The Labute approximate surface area is 264 Å². The molecule has 4 heteroatoms. The van der Waals surface area contributed by atoms with E-state index in [1.165, 1.54) is 57.8 Å². The molecule has 0 aromatic carbocycles. The predicted octanol–water partition coefficient (Wildman–Crippen LogP) is 10.6. The first-order valence-electron chi connectivity index (χ1n) is 18.6. The normalized spacial score (nSPS) is 34.1. The molecular weight excluding hydrogens is 532 g/mol. The summed E-state index contributed by atoms with van der Waals surface area (Å²) in [6, 6.07) is 0. The maximum atomic E-state index is 12.7. The quantitative estimate of drug-likeness (QED) is 0.101. The van der Waals surface area contributed by atoms with Crippen molar-refractivity contribution in [2.75, 3.05) is 6.61 Å². The monoisotopic (exact) mass is 598 g/mol. The Kier molecular flexibility index (Phi) is 12.7. The van der Waals surface area contributed by atoms with Gasteiger partial charge in [0.1, 0.15) is 6.10 Å². The van der Waals surface area contributed by atoms with Gasteiger partial charge in [0.2, 0.25) is 0 Å². The Morgan fingerprint density at radius 3 is 2.23 bits per heavy atom. The molecule has 4 nitrogen and oxygen atoms in total. The molecule has 4 rings (SSSR count). The average molecular weight is 599 g/mol. The smallest absolute Gasteiger partial charge is 0.306 e. The van der Waals surface area contributed by atoms with Crippen molar-refractivity contribution in [3.05, 3.63) is 11.6 Å². The number of hydrogen-bond acceptors (Lipinski definition) is 4. The molecule has 0 aromatic heterocycles. The largest absolute Gasteiger partial charge is 0.466 e. The fourth-order valence-corrected chi connectivity index (χ4v) is 10.5. The molecule has 0 N–H and O–H groups in total. The van der Waals surface area contributed by atoms with Crippen LogP contribution in [0.3, 0.4) is 0 Å². The highest BCUT2D eigenvalue weighted by molar-refractivity contribution is 5.69. The Morgan fingerprint density at radius 1 is 0.837 bits per heavy atom. The summed E-state index contributed by atoms with van der Waals surface area (Å²) in [5.41, 5.74) is 2.46. The molecule has 0 radical (unpaired) electrons. The number of ether oxygens (including phenoxy) is 2. The van der Waals surface area contributed by atoms with Crippen LogP contribution in [0.15, 0.2) is 11.6 Å². The number of hydrogen-bond donors (Lipinski definition) is 0. The van der Waals surface area contributed by atoms with Gasteiger partial charge in [-0.15, -0.1) is 0 Å². The molecule has 0 aliphatic heterocycles. The first-order chi connectivity index (χ1) is 20.6. The number of carbonyl (C=O) groups excluding carboxylic acids is 2. The lowest BCUT2D eigenvalue weighted by molar-refractivity contribution is -0.151. The second-order valence-electron chi connectivity index (χ2n) is 16.1. The zero-order valence-electron chi connectivity index (χ0n) is 28.9. The minimum absolute atomic E-state index is 0.00172. The van der Waals surface area contributed by atoms with Crippen LogP contribution in [-0.4, -0.2) is 24.6 Å². The van der Waals surface area contributed by atoms with E-state index in [9.17, 15) is 9.59 Å². The van der Waals surface area contributed by atoms with Crippen LogP contribution in [0.4, 0.5) is 0 Å². The molecule has 43 heavy (non-hydrogen) atoms. The van der Waals surface area contributed by atoms with Crippen LogP contribution in [0.1, 0.15) is 164 Å². The molecule has 0 unspecified atom stereocenters. The van der Waals surface area contributed by atoms with Gasteiger partial charge in [-0.1, -0.05) is 91.2 Å². The first-order valence-corrected chi connectivity index (χ1v) is 18.6. The minimum Gasteiger partial charge on any atom is -0.466 e. The van der Waals surface area contributed by atoms with Gasteiger partial charge in [0, 0.05) is 19.3 Å². The number of rotatable bonds is 16. The summed E-state index contributed by atoms with van der Waals surface area (Å²) in [7, 11) is 0. The molecule has 8 atom stereocenters. The molecule has 4 aliphatic carbocycles. The first kappa shape index (κ1) is 34.6. The molecule has 0 heterocycles. The van der Waals surface area contributed by atoms with Gasteiger partial charge >= 0.3 is 11.9 Å². The summed E-state index contributed by atoms with van der Waals surface area (Å²) >= 11 is 0. The lowest BCUT2D eigenvalue weighted by Crippen LogP contribution is -2.51. The number of unbranched alkanes of at least 4 members (excludes halogenated alkanes) is 5. The van der Waals surface area contributed by atoms with Crippen LogP contribution in [0.2, 0.25) is 0 Å². The van der Waals surface area contributed by atoms with E-state index in [4.69, 9.17) is 9.47 Å². The fraction of sp³-hybridized carbons (Fsp3) is 0.897. The van der Waals surface area contributed by atoms with Crippen molar-refractivity contribution >= 4 is 11.9 Å². The summed E-state index contributed by atoms with van der Waals surface area (Å²) in [6.45, 7) is 14.9. The standard InChI is InChI=1S/C39H66O4/c1-7-42-36(40)17-12-10-8-9-11-13-18-37(41)43-31-23-25-38(5)30(27-31)19-20-32-34-22-21-33(29(4)16-14-15-28(2)3)39(34,6)26-24-35(32)38/h19,28-29,31-35H,7-18,20-27H2,1-6H3/t29-,31+,32+,33-,34+,35+,38+,39-/m1/s1. The van der Waals surface area contributed by atoms with Crippen molar-refractivity contribution in [3.8, 4) is 0 Å². The van der Waals surface area contributed by atoms with Crippen molar-refractivity contribution in [1.29, 1.82) is 0 Å². The van der Waals surface area contributed by atoms with E-state index in [-0.39, 0.29) is 18.0 Å². The van der Waals surface area contributed by atoms with Crippen molar-refractivity contribution < 1.29 is 19.1 Å². The van der Waals surface area contributed by atoms with E-state index in [2.05, 4.69) is 40.7 Å². The topological polar surface area (TPSA) is 52.6 Å². The van der Waals surface area contributed by atoms with Gasteiger partial charge in [-0.05, 0) is 111 Å². The Morgan fingerprint density at radius 2 is 1.53 bits per heavy atom. The van der Waals surface area contributed by atoms with Crippen molar-refractivity contribution in [1.82, 2.24) is 0 Å². The van der Waals surface area contributed by atoms with Crippen LogP contribution < -0.4 is 0 Å². The van der Waals surface area contributed by atoms with Gasteiger partial charge in [-0.25, -0.2) is 0 Å². The third-order valence-corrected chi connectivity index (χ3v) is 12.9. The number of allylic oxidation sites excluding steroid dienone is 1. The fourth-order valence-electron chi connectivity index (χ4n) is 10.5. The maximum Gasteiger partial charge on any atom is 0.306 e. The molecule has 3 fully saturated rings. The lowest BCUT2D eigenvalue weighted by Gasteiger charge is -2.58. The highest BCUT2D eigenvalue weighted by Gasteiger charge is 2.59. The van der Waals surface area contributed by atoms with Gasteiger partial charge in [-0.3, -0.25) is 9.59 Å². The molecule has 4 aliphatic rings. The Bertz CT molecular complexity index is 938. The van der Waals surface area contributed by atoms with E-state index in [1.807, 2.05) is 6.92 Å². The van der Waals surface area contributed by atoms with Crippen LogP contribution in [0.25, 0.3) is 0 Å². The van der Waals surface area contributed by atoms with Gasteiger partial charge in [-0.2, -0.15) is 0 Å². The molecule has 0 bridgehead atoms. The molecule has 246 valence electrons. The van der Waals surface area contributed by atoms with E-state index >= 15 is 0 Å². The summed E-state index contributed by atoms with van der Waals surface area (Å²) in [5, 5.41) is 0. The van der Waals surface area contributed by atoms with Crippen molar-refractivity contribution in [2.24, 2.45) is 46.3 Å². The minimum atomic E-state index is -0.0846. The van der Waals surface area contributed by atoms with Gasteiger partial charge in [0.05, 0.1) is 6.61 Å². The molecule has 0 amide bonds. The lowest BCUT2D eigenvalue weighted by atomic mass is 9.47. The van der Waals surface area contributed by atoms with E-state index < -0.39 is 0 Å². The second kappa shape index (κ2) is 15.8. The summed E-state index contributed by atoms with van der Waals surface area (Å²) in [5.74, 6) is 5.08. The third kappa shape index (κ3) is 8.49. The zero-order valence-corrected chi connectivity index (χ0v) is 28.9. The molecule has 0 saturated heterocycles. The van der Waals surface area contributed by atoms with Crippen LogP contribution in [0, 0.1) is 46.3 Å². The van der Waals surface area contributed by atoms with Crippen LogP contribution in [-0.2, 0) is 19.1 Å². The average Bonchev–Trinajstić information content (AvgIpc) is 3.32. The summed E-state index contributed by atoms with van der Waals surface area (Å²) in [4.78, 5) is 24.1. The summed E-state index contributed by atoms with van der Waals surface area (Å²) in [6.07, 6.45) is 24.3. The van der Waals surface area contributed by atoms with Gasteiger partial charge in [0.25, 0.3) is 0 Å². The zero-order chi connectivity index (χ0) is 31.0. The van der Waals surface area contributed by atoms with Crippen LogP contribution >= 0.6 is 0 Å². The van der Waals surface area contributed by atoms with Crippen LogP contribution in [0.5, 0.6) is 0 Å². The number of esters is 2. The highest BCUT2D eigenvalue weighted by atomic mass is 16.5. The predicted molar refractivity (Wildman–Crippen MR) is 176 cm³/mol. The second-order valence-corrected chi connectivity index (χ2v) is 16.1. The van der Waals surface area contributed by atoms with E-state index in [1.54, 1.807) is 5.57 Å². The van der Waals surface area contributed by atoms with Crippen molar-refractivity contribution in [3.63, 3.8) is 0 Å².